The molecule has 178 valence electrons. The third-order valence-corrected chi connectivity index (χ3v) is 7.02. The van der Waals surface area contributed by atoms with Crippen LogP contribution in [0.15, 0.2) is 42.6 Å². The zero-order chi connectivity index (χ0) is 23.5. The van der Waals surface area contributed by atoms with Crippen LogP contribution < -0.4 is 10.2 Å². The first-order valence-corrected chi connectivity index (χ1v) is 12.7. The summed E-state index contributed by atoms with van der Waals surface area (Å²) in [5.74, 6) is 1.64. The van der Waals surface area contributed by atoms with E-state index in [4.69, 9.17) is 0 Å². The summed E-state index contributed by atoms with van der Waals surface area (Å²) in [5, 5.41) is 31.7. The molecule has 3 aromatic rings. The lowest BCUT2D eigenvalue weighted by Crippen LogP contribution is -2.43. The van der Waals surface area contributed by atoms with Crippen LogP contribution in [0.4, 0.5) is 5.82 Å². The smallest absolute Gasteiger partial charge is 0.151 e. The molecule has 7 heteroatoms. The Labute approximate surface area is 201 Å². The van der Waals surface area contributed by atoms with E-state index in [9.17, 15) is 5.11 Å². The van der Waals surface area contributed by atoms with Gasteiger partial charge in [0.25, 0.3) is 0 Å². The number of anilines is 1. The molecule has 1 saturated heterocycles. The number of hydrogen-bond donors (Lipinski definition) is 2. The van der Waals surface area contributed by atoms with Gasteiger partial charge in [0.1, 0.15) is 5.75 Å². The third-order valence-electron chi connectivity index (χ3n) is 7.02. The molecule has 0 amide bonds. The van der Waals surface area contributed by atoms with Crippen molar-refractivity contribution >= 4 is 5.82 Å². The fourth-order valence-corrected chi connectivity index (χ4v) is 4.70. The van der Waals surface area contributed by atoms with Crippen molar-refractivity contribution in [1.82, 2.24) is 25.7 Å². The fourth-order valence-electron chi connectivity index (χ4n) is 4.70. The molecule has 1 aromatic carbocycles. The van der Waals surface area contributed by atoms with Gasteiger partial charge in [0, 0.05) is 42.2 Å². The summed E-state index contributed by atoms with van der Waals surface area (Å²) >= 11 is 0. The Kier molecular flexibility index (Phi) is 6.72. The van der Waals surface area contributed by atoms with Gasteiger partial charge in [-0.05, 0) is 68.0 Å². The normalized spacial score (nSPS) is 19.9. The molecular weight excluding hydrogens is 424 g/mol. The Morgan fingerprint density at radius 3 is 2.41 bits per heavy atom. The zero-order valence-corrected chi connectivity index (χ0v) is 20.1. The standard InChI is InChI=1S/C25H28N6O.C2H6/c32-24-13-17(18-12-23(16-4-5-16)28-26-14-18)6-7-21(24)22-8-9-25(30-29-22)31-11-10-20(15-31)27-19-2-1-3-19;1-2/h6-9,12-14,16,19-20,27,32H,1-5,10-11,15H2;1-2H3. The van der Waals surface area contributed by atoms with Crippen molar-refractivity contribution in [2.45, 2.75) is 70.4 Å². The van der Waals surface area contributed by atoms with E-state index in [1.807, 2.05) is 38.1 Å². The molecule has 0 bridgehead atoms. The van der Waals surface area contributed by atoms with E-state index in [1.165, 1.54) is 32.1 Å². The quantitative estimate of drug-likeness (QED) is 0.541. The number of nitrogens with one attached hydrogen (secondary N) is 1. The number of aromatic hydroxyl groups is 1. The minimum Gasteiger partial charge on any atom is -0.507 e. The Hall–Kier alpha value is -3.06. The molecule has 2 saturated carbocycles. The second-order valence-corrected chi connectivity index (χ2v) is 9.38. The van der Waals surface area contributed by atoms with E-state index in [-0.39, 0.29) is 5.75 Å². The highest BCUT2D eigenvalue weighted by atomic mass is 16.3. The summed E-state index contributed by atoms with van der Waals surface area (Å²) in [7, 11) is 0. The second kappa shape index (κ2) is 10.1. The van der Waals surface area contributed by atoms with Crippen LogP contribution in [0.1, 0.15) is 64.0 Å². The van der Waals surface area contributed by atoms with E-state index in [1.54, 1.807) is 12.3 Å². The highest BCUT2D eigenvalue weighted by Crippen LogP contribution is 2.40. The summed E-state index contributed by atoms with van der Waals surface area (Å²) in [6.45, 7) is 5.98. The van der Waals surface area contributed by atoms with Crippen LogP contribution in [0.25, 0.3) is 22.4 Å². The number of aromatic nitrogens is 4. The van der Waals surface area contributed by atoms with Crippen LogP contribution >= 0.6 is 0 Å². The van der Waals surface area contributed by atoms with Crippen molar-refractivity contribution in [1.29, 1.82) is 0 Å². The first kappa shape index (κ1) is 22.7. The minimum absolute atomic E-state index is 0.195. The summed E-state index contributed by atoms with van der Waals surface area (Å²) in [4.78, 5) is 2.30. The predicted octanol–water partition coefficient (Wildman–Crippen LogP) is 4.93. The first-order valence-electron chi connectivity index (χ1n) is 12.7. The lowest BCUT2D eigenvalue weighted by molar-refractivity contribution is 0.311. The molecule has 7 nitrogen and oxygen atoms in total. The maximum Gasteiger partial charge on any atom is 0.151 e. The molecule has 34 heavy (non-hydrogen) atoms. The Morgan fingerprint density at radius 2 is 1.74 bits per heavy atom. The SMILES string of the molecule is CC.Oc1cc(-c2cnnc(C3CC3)c2)ccc1-c1ccc(N2CCC(NC3CCC3)C2)nn1. The van der Waals surface area contributed by atoms with Crippen molar-refractivity contribution in [2.75, 3.05) is 18.0 Å². The van der Waals surface area contributed by atoms with Crippen molar-refractivity contribution in [3.05, 3.63) is 48.3 Å². The largest absolute Gasteiger partial charge is 0.507 e. The minimum atomic E-state index is 0.195. The molecule has 2 aromatic heterocycles. The molecule has 1 aliphatic heterocycles. The van der Waals surface area contributed by atoms with Crippen molar-refractivity contribution in [3.8, 4) is 28.1 Å². The van der Waals surface area contributed by atoms with Gasteiger partial charge >= 0.3 is 0 Å². The number of nitrogens with zero attached hydrogens (tertiary/aromatic N) is 5. The predicted molar refractivity (Wildman–Crippen MR) is 135 cm³/mol. The number of rotatable bonds is 6. The third kappa shape index (κ3) is 4.89. The Morgan fingerprint density at radius 1 is 0.882 bits per heavy atom. The van der Waals surface area contributed by atoms with Gasteiger partial charge in [-0.2, -0.15) is 10.2 Å². The average Bonchev–Trinajstić information content (AvgIpc) is 3.61. The number of benzene rings is 1. The van der Waals surface area contributed by atoms with Gasteiger partial charge in [-0.1, -0.05) is 26.3 Å². The van der Waals surface area contributed by atoms with Crippen molar-refractivity contribution in [3.63, 3.8) is 0 Å². The highest BCUT2D eigenvalue weighted by Gasteiger charge is 2.28. The van der Waals surface area contributed by atoms with E-state index in [0.717, 1.165) is 42.1 Å². The molecule has 2 aliphatic carbocycles. The molecule has 3 aliphatic rings. The monoisotopic (exact) mass is 458 g/mol. The van der Waals surface area contributed by atoms with Crippen LogP contribution in [-0.2, 0) is 0 Å². The summed E-state index contributed by atoms with van der Waals surface area (Å²) < 4.78 is 0. The van der Waals surface area contributed by atoms with Gasteiger partial charge in [0.2, 0.25) is 0 Å². The summed E-state index contributed by atoms with van der Waals surface area (Å²) in [6, 6.07) is 13.0. The molecule has 0 radical (unpaired) electrons. The van der Waals surface area contributed by atoms with Crippen molar-refractivity contribution in [2.24, 2.45) is 0 Å². The van der Waals surface area contributed by atoms with E-state index in [2.05, 4.69) is 36.7 Å². The topological polar surface area (TPSA) is 87.1 Å². The average molecular weight is 459 g/mol. The van der Waals surface area contributed by atoms with Crippen molar-refractivity contribution < 1.29 is 5.11 Å². The first-order chi connectivity index (χ1) is 16.7. The Balaban J connectivity index is 0.00000117. The van der Waals surface area contributed by atoms with Gasteiger partial charge in [-0.15, -0.1) is 10.2 Å². The van der Waals surface area contributed by atoms with E-state index >= 15 is 0 Å². The molecule has 1 unspecified atom stereocenters. The van der Waals surface area contributed by atoms with Gasteiger partial charge in [0.05, 0.1) is 17.6 Å². The Bertz CT molecular complexity index is 1110. The maximum absolute atomic E-state index is 10.7. The number of phenolic OH excluding ortho intramolecular Hbond substituents is 1. The lowest BCUT2D eigenvalue weighted by atomic mass is 9.92. The lowest BCUT2D eigenvalue weighted by Gasteiger charge is -2.29. The molecule has 3 heterocycles. The van der Waals surface area contributed by atoms with Gasteiger partial charge in [0.15, 0.2) is 5.82 Å². The van der Waals surface area contributed by atoms with Crippen LogP contribution in [0.2, 0.25) is 0 Å². The maximum atomic E-state index is 10.7. The highest BCUT2D eigenvalue weighted by molar-refractivity contribution is 5.74. The second-order valence-electron chi connectivity index (χ2n) is 9.38. The number of phenols is 1. The fraction of sp³-hybridized carbons (Fsp3) is 0.481. The van der Waals surface area contributed by atoms with Gasteiger partial charge in [-0.25, -0.2) is 0 Å². The van der Waals surface area contributed by atoms with Crippen LogP contribution in [0, 0.1) is 0 Å². The molecule has 3 fully saturated rings. The number of hydrogen-bond acceptors (Lipinski definition) is 7. The summed E-state index contributed by atoms with van der Waals surface area (Å²) in [6.07, 6.45) is 9.25. The van der Waals surface area contributed by atoms with E-state index in [0.29, 0.717) is 29.3 Å². The van der Waals surface area contributed by atoms with Gasteiger partial charge < -0.3 is 15.3 Å². The summed E-state index contributed by atoms with van der Waals surface area (Å²) in [5.41, 5.74) is 4.30. The van der Waals surface area contributed by atoms with Crippen LogP contribution in [0.3, 0.4) is 0 Å². The molecule has 6 rings (SSSR count). The van der Waals surface area contributed by atoms with Crippen LogP contribution in [-0.4, -0.2) is 50.7 Å². The van der Waals surface area contributed by atoms with Gasteiger partial charge in [-0.3, -0.25) is 0 Å². The zero-order valence-electron chi connectivity index (χ0n) is 20.1. The molecule has 2 N–H and O–H groups in total. The molecular formula is C27H34N6O. The van der Waals surface area contributed by atoms with Crippen LogP contribution in [0.5, 0.6) is 5.75 Å². The molecule has 1 atom stereocenters. The molecule has 0 spiro atoms. The van der Waals surface area contributed by atoms with E-state index < -0.39 is 0 Å².